The van der Waals surface area contributed by atoms with E-state index in [4.69, 9.17) is 19.6 Å². The Labute approximate surface area is 261 Å². The summed E-state index contributed by atoms with van der Waals surface area (Å²) < 4.78 is 41.9. The Hall–Kier alpha value is -4.14. The molecule has 0 spiro atoms. The summed E-state index contributed by atoms with van der Waals surface area (Å²) in [5.41, 5.74) is 4.56. The third-order valence-electron chi connectivity index (χ3n) is 8.17. The predicted octanol–water partition coefficient (Wildman–Crippen LogP) is 5.07. The molecule has 0 radical (unpaired) electrons. The second-order valence-corrected chi connectivity index (χ2v) is 14.0. The van der Waals surface area contributed by atoms with Gasteiger partial charge in [0.25, 0.3) is 10.0 Å². The molecule has 1 aliphatic heterocycles. The van der Waals surface area contributed by atoms with Gasteiger partial charge in [0.1, 0.15) is 11.6 Å². The fraction of sp³-hybridized carbons (Fsp3) is 0.452. The van der Waals surface area contributed by atoms with Crippen LogP contribution >= 0.6 is 0 Å². The summed E-state index contributed by atoms with van der Waals surface area (Å²) in [6, 6.07) is 3.95. The van der Waals surface area contributed by atoms with Crippen LogP contribution in [0.5, 0.6) is 0 Å². The van der Waals surface area contributed by atoms with Crippen molar-refractivity contribution in [2.45, 2.75) is 77.0 Å². The molecule has 7 rings (SSSR count). The predicted molar refractivity (Wildman–Crippen MR) is 169 cm³/mol. The zero-order valence-corrected chi connectivity index (χ0v) is 26.4. The monoisotopic (exact) mass is 631 g/mol. The van der Waals surface area contributed by atoms with Gasteiger partial charge in [-0.25, -0.2) is 23.4 Å². The van der Waals surface area contributed by atoms with Crippen molar-refractivity contribution in [1.82, 2.24) is 38.5 Å². The fourth-order valence-corrected chi connectivity index (χ4v) is 7.10. The van der Waals surface area contributed by atoms with Crippen LogP contribution in [0.15, 0.2) is 49.3 Å². The van der Waals surface area contributed by atoms with Crippen molar-refractivity contribution >= 4 is 32.6 Å². The van der Waals surface area contributed by atoms with Gasteiger partial charge in [-0.1, -0.05) is 0 Å². The molecule has 2 aliphatic rings. The molecule has 5 aromatic heterocycles. The molecule has 5 aromatic rings. The number of pyridine rings is 1. The summed E-state index contributed by atoms with van der Waals surface area (Å²) in [7, 11) is -3.47. The van der Waals surface area contributed by atoms with Gasteiger partial charge in [-0.05, 0) is 64.5 Å². The lowest BCUT2D eigenvalue weighted by Gasteiger charge is -2.22. The first-order valence-corrected chi connectivity index (χ1v) is 16.9. The first-order valence-electron chi connectivity index (χ1n) is 15.4. The summed E-state index contributed by atoms with van der Waals surface area (Å²) in [4.78, 5) is 13.7. The highest BCUT2D eigenvalue weighted by atomic mass is 32.2. The molecule has 1 aliphatic carbocycles. The van der Waals surface area contributed by atoms with E-state index in [1.807, 2.05) is 16.9 Å². The van der Waals surface area contributed by atoms with Gasteiger partial charge in [0.15, 0.2) is 12.1 Å². The van der Waals surface area contributed by atoms with Crippen LogP contribution in [0, 0.1) is 6.92 Å². The molecule has 6 heterocycles. The molecule has 1 atom stereocenters. The summed E-state index contributed by atoms with van der Waals surface area (Å²) in [5, 5.41) is 12.9. The Morgan fingerprint density at radius 3 is 2.73 bits per heavy atom. The normalized spacial score (nSPS) is 17.4. The van der Waals surface area contributed by atoms with E-state index in [0.29, 0.717) is 49.0 Å². The molecule has 13 nitrogen and oxygen atoms in total. The molecule has 2 fully saturated rings. The minimum atomic E-state index is -3.47. The highest BCUT2D eigenvalue weighted by molar-refractivity contribution is 7.90. The quantitative estimate of drug-likeness (QED) is 0.210. The number of nitrogens with zero attached hydrogens (tertiary/aromatic N) is 8. The highest BCUT2D eigenvalue weighted by Crippen LogP contribution is 2.35. The number of aryl methyl sites for hydroxylation is 1. The molecule has 1 unspecified atom stereocenters. The van der Waals surface area contributed by atoms with Crippen molar-refractivity contribution in [1.29, 1.82) is 0 Å². The number of ether oxygens (including phenoxy) is 2. The highest BCUT2D eigenvalue weighted by Gasteiger charge is 2.37. The summed E-state index contributed by atoms with van der Waals surface area (Å²) in [6.07, 6.45) is 15.0. The zero-order valence-electron chi connectivity index (χ0n) is 25.6. The minimum absolute atomic E-state index is 0.114. The average Bonchev–Trinajstić information content (AvgIpc) is 3.49. The van der Waals surface area contributed by atoms with Crippen LogP contribution in [-0.2, 0) is 26.0 Å². The lowest BCUT2D eigenvalue weighted by atomic mass is 10.1. The van der Waals surface area contributed by atoms with Crippen LogP contribution in [0.25, 0.3) is 33.5 Å². The number of rotatable bonds is 11. The zero-order chi connectivity index (χ0) is 31.1. The summed E-state index contributed by atoms with van der Waals surface area (Å²) >= 11 is 0. The average molecular weight is 632 g/mol. The SMILES string of the molecule is Cc1cn(CCOC2CCCCO2)nc1-c1cn(C(C)C)c2cc(Nc3ccnc(-c4cnn(S(=O)(=O)C5CC5)c4)n3)ncc12. The second kappa shape index (κ2) is 12.0. The number of anilines is 2. The van der Waals surface area contributed by atoms with Crippen LogP contribution in [0.3, 0.4) is 0 Å². The van der Waals surface area contributed by atoms with E-state index in [9.17, 15) is 8.42 Å². The van der Waals surface area contributed by atoms with Gasteiger partial charge >= 0.3 is 0 Å². The molecule has 1 saturated carbocycles. The molecule has 1 saturated heterocycles. The summed E-state index contributed by atoms with van der Waals surface area (Å²) in [6.45, 7) is 8.32. The van der Waals surface area contributed by atoms with Gasteiger partial charge in [-0.2, -0.15) is 14.3 Å². The van der Waals surface area contributed by atoms with Crippen LogP contribution in [0.1, 0.15) is 57.6 Å². The molecular formula is C31H37N9O4S. The number of fused-ring (bicyclic) bond motifs is 1. The Morgan fingerprint density at radius 1 is 1.09 bits per heavy atom. The molecule has 0 amide bonds. The molecule has 0 bridgehead atoms. The Balaban J connectivity index is 1.11. The van der Waals surface area contributed by atoms with Gasteiger partial charge in [0, 0.05) is 54.5 Å². The largest absolute Gasteiger partial charge is 0.353 e. The third kappa shape index (κ3) is 6.09. The first kappa shape index (κ1) is 29.6. The van der Waals surface area contributed by atoms with E-state index in [-0.39, 0.29) is 17.6 Å². The van der Waals surface area contributed by atoms with Crippen LogP contribution in [-0.4, -0.2) is 71.7 Å². The van der Waals surface area contributed by atoms with E-state index >= 15 is 0 Å². The van der Waals surface area contributed by atoms with Crippen molar-refractivity contribution in [3.05, 3.63) is 54.9 Å². The summed E-state index contributed by atoms with van der Waals surface area (Å²) in [5.74, 6) is 1.52. The topological polar surface area (TPSA) is 144 Å². The molecule has 45 heavy (non-hydrogen) atoms. The van der Waals surface area contributed by atoms with Crippen molar-refractivity contribution in [3.8, 4) is 22.6 Å². The van der Waals surface area contributed by atoms with E-state index < -0.39 is 10.0 Å². The second-order valence-electron chi connectivity index (χ2n) is 12.0. The van der Waals surface area contributed by atoms with E-state index in [2.05, 4.69) is 58.1 Å². The number of nitrogens with one attached hydrogen (secondary N) is 1. The molecule has 14 heteroatoms. The molecular weight excluding hydrogens is 594 g/mol. The maximum absolute atomic E-state index is 12.6. The van der Waals surface area contributed by atoms with Crippen LogP contribution in [0.4, 0.5) is 11.6 Å². The molecule has 236 valence electrons. The van der Waals surface area contributed by atoms with Gasteiger partial charge in [-0.3, -0.25) is 4.68 Å². The fourth-order valence-electron chi connectivity index (χ4n) is 5.63. The smallest absolute Gasteiger partial charge is 0.256 e. The third-order valence-corrected chi connectivity index (χ3v) is 10.2. The van der Waals surface area contributed by atoms with Gasteiger partial charge in [0.2, 0.25) is 0 Å². The molecule has 1 N–H and O–H groups in total. The van der Waals surface area contributed by atoms with Gasteiger partial charge in [-0.15, -0.1) is 0 Å². The minimum Gasteiger partial charge on any atom is -0.353 e. The van der Waals surface area contributed by atoms with E-state index in [0.717, 1.165) is 57.7 Å². The number of hydrogen-bond donors (Lipinski definition) is 1. The van der Waals surface area contributed by atoms with Gasteiger partial charge in [0.05, 0.1) is 47.6 Å². The lowest BCUT2D eigenvalue weighted by Crippen LogP contribution is -2.24. The van der Waals surface area contributed by atoms with E-state index in [1.165, 1.54) is 12.4 Å². The van der Waals surface area contributed by atoms with Crippen molar-refractivity contribution in [2.75, 3.05) is 18.5 Å². The van der Waals surface area contributed by atoms with Crippen molar-refractivity contribution in [2.24, 2.45) is 0 Å². The van der Waals surface area contributed by atoms with Crippen LogP contribution < -0.4 is 5.32 Å². The van der Waals surface area contributed by atoms with Crippen LogP contribution in [0.2, 0.25) is 0 Å². The first-order chi connectivity index (χ1) is 21.8. The van der Waals surface area contributed by atoms with Crippen molar-refractivity contribution in [3.63, 3.8) is 0 Å². The van der Waals surface area contributed by atoms with Gasteiger partial charge < -0.3 is 19.4 Å². The maximum Gasteiger partial charge on any atom is 0.256 e. The number of hydrogen-bond acceptors (Lipinski definition) is 10. The lowest BCUT2D eigenvalue weighted by molar-refractivity contribution is -0.163. The molecule has 0 aromatic carbocycles. The Bertz CT molecular complexity index is 1940. The number of aromatic nitrogens is 8. The van der Waals surface area contributed by atoms with E-state index in [1.54, 1.807) is 12.3 Å². The Morgan fingerprint density at radius 2 is 1.96 bits per heavy atom. The standard InChI is InChI=1S/C31H37N9O4S/c1-20(2)39-19-25(30-21(3)17-38(37-30)11-13-44-29-6-4-5-12-43-29)24-16-33-28(14-26(24)39)35-27-9-10-32-31(36-27)22-15-34-40(18-22)45(41,42)23-7-8-23/h9-10,14-20,23,29H,4-8,11-13H2,1-3H3,(H,32,33,35,36). The van der Waals surface area contributed by atoms with Crippen molar-refractivity contribution < 1.29 is 17.9 Å². The maximum atomic E-state index is 12.6. The Kier molecular flexibility index (Phi) is 7.88.